The molecule has 110 valence electrons. The average Bonchev–Trinajstić information content (AvgIpc) is 3.06. The van der Waals surface area contributed by atoms with Gasteiger partial charge in [-0.25, -0.2) is 9.18 Å². The van der Waals surface area contributed by atoms with Crippen molar-refractivity contribution in [3.63, 3.8) is 0 Å². The van der Waals surface area contributed by atoms with Crippen LogP contribution in [0.2, 0.25) is 0 Å². The summed E-state index contributed by atoms with van der Waals surface area (Å²) in [4.78, 5) is 11.3. The number of carboxylic acids is 1. The first-order valence-electron chi connectivity index (χ1n) is 6.76. The Hall–Kier alpha value is -2.21. The van der Waals surface area contributed by atoms with Crippen LogP contribution in [0.1, 0.15) is 34.0 Å². The van der Waals surface area contributed by atoms with Crippen LogP contribution in [0, 0.1) is 5.82 Å². The third-order valence-electron chi connectivity index (χ3n) is 3.57. The molecule has 1 saturated heterocycles. The highest BCUT2D eigenvalue weighted by molar-refractivity contribution is 5.88. The number of rotatable bonds is 4. The summed E-state index contributed by atoms with van der Waals surface area (Å²) >= 11 is 0. The Morgan fingerprint density at radius 1 is 1.52 bits per heavy atom. The van der Waals surface area contributed by atoms with E-state index in [9.17, 15) is 14.3 Å². The van der Waals surface area contributed by atoms with Gasteiger partial charge in [0, 0.05) is 18.7 Å². The first-order chi connectivity index (χ1) is 10.1. The van der Waals surface area contributed by atoms with E-state index in [1.807, 2.05) is 0 Å². The largest absolute Gasteiger partial charge is 0.478 e. The Bertz CT molecular complexity index is 663. The predicted molar refractivity (Wildman–Crippen MR) is 72.9 cm³/mol. The van der Waals surface area contributed by atoms with Gasteiger partial charge in [-0.2, -0.15) is 5.10 Å². The highest BCUT2D eigenvalue weighted by Gasteiger charge is 2.26. The van der Waals surface area contributed by atoms with E-state index in [1.54, 1.807) is 16.8 Å². The first kappa shape index (κ1) is 13.8. The number of carbonyl (C=O) groups is 1. The summed E-state index contributed by atoms with van der Waals surface area (Å²) in [6.07, 6.45) is 2.28. The second-order valence-corrected chi connectivity index (χ2v) is 5.12. The minimum atomic E-state index is -0.998. The molecule has 1 aliphatic rings. The smallest absolute Gasteiger partial charge is 0.339 e. The second kappa shape index (κ2) is 5.65. The molecule has 2 heterocycles. The van der Waals surface area contributed by atoms with Crippen molar-refractivity contribution in [2.45, 2.75) is 18.9 Å². The lowest BCUT2D eigenvalue weighted by atomic mass is 10.0. The summed E-state index contributed by atoms with van der Waals surface area (Å²) < 4.78 is 20.0. The molecule has 21 heavy (non-hydrogen) atoms. The van der Waals surface area contributed by atoms with E-state index in [2.05, 4.69) is 5.10 Å². The maximum Gasteiger partial charge on any atom is 0.339 e. The Labute approximate surface area is 121 Å². The van der Waals surface area contributed by atoms with Crippen LogP contribution in [0.4, 0.5) is 4.39 Å². The molecular formula is C15H15FN2O3. The summed E-state index contributed by atoms with van der Waals surface area (Å²) in [5.41, 5.74) is 1.49. The average molecular weight is 290 g/mol. The van der Waals surface area contributed by atoms with Gasteiger partial charge in [-0.15, -0.1) is 0 Å². The lowest BCUT2D eigenvalue weighted by molar-refractivity contribution is 0.0695. The van der Waals surface area contributed by atoms with Crippen LogP contribution in [0.3, 0.4) is 0 Å². The molecular weight excluding hydrogens is 275 g/mol. The molecule has 0 bridgehead atoms. The van der Waals surface area contributed by atoms with Crippen molar-refractivity contribution in [3.8, 4) is 0 Å². The summed E-state index contributed by atoms with van der Waals surface area (Å²) in [6, 6.07) is 6.19. The van der Waals surface area contributed by atoms with Crippen molar-refractivity contribution in [1.29, 1.82) is 0 Å². The molecule has 5 nitrogen and oxygen atoms in total. The van der Waals surface area contributed by atoms with E-state index in [0.717, 1.165) is 12.0 Å². The van der Waals surface area contributed by atoms with Crippen LogP contribution in [0.15, 0.2) is 30.5 Å². The number of aromatic nitrogens is 2. The fourth-order valence-corrected chi connectivity index (χ4v) is 2.56. The van der Waals surface area contributed by atoms with Gasteiger partial charge >= 0.3 is 5.97 Å². The third kappa shape index (κ3) is 2.95. The molecule has 1 aromatic carbocycles. The number of ether oxygens (including phenoxy) is 1. The van der Waals surface area contributed by atoms with Gasteiger partial charge in [0.15, 0.2) is 0 Å². The van der Waals surface area contributed by atoms with Gasteiger partial charge < -0.3 is 9.84 Å². The van der Waals surface area contributed by atoms with Gasteiger partial charge in [-0.1, -0.05) is 12.1 Å². The highest BCUT2D eigenvalue weighted by Crippen LogP contribution is 2.27. The van der Waals surface area contributed by atoms with Crippen LogP contribution in [0.5, 0.6) is 0 Å². The minimum Gasteiger partial charge on any atom is -0.478 e. The maximum absolute atomic E-state index is 13.2. The Morgan fingerprint density at radius 3 is 3.05 bits per heavy atom. The van der Waals surface area contributed by atoms with Gasteiger partial charge in [0.25, 0.3) is 0 Å². The topological polar surface area (TPSA) is 64.3 Å². The molecule has 6 heteroatoms. The summed E-state index contributed by atoms with van der Waals surface area (Å²) in [5.74, 6) is -1.30. The van der Waals surface area contributed by atoms with Gasteiger partial charge in [0.05, 0.1) is 18.8 Å². The van der Waals surface area contributed by atoms with Gasteiger partial charge in [0.2, 0.25) is 0 Å². The molecule has 1 fully saturated rings. The Morgan fingerprint density at radius 2 is 2.38 bits per heavy atom. The molecule has 0 spiro atoms. The molecule has 1 aromatic heterocycles. The predicted octanol–water partition coefficient (Wildman–Crippen LogP) is 2.27. The zero-order valence-electron chi connectivity index (χ0n) is 11.3. The van der Waals surface area contributed by atoms with Crippen molar-refractivity contribution in [2.75, 3.05) is 13.2 Å². The number of halogens is 1. The minimum absolute atomic E-state index is 0.0184. The quantitative estimate of drug-likeness (QED) is 0.938. The molecule has 1 atom stereocenters. The van der Waals surface area contributed by atoms with Crippen LogP contribution in [0.25, 0.3) is 0 Å². The van der Waals surface area contributed by atoms with Crippen molar-refractivity contribution < 1.29 is 19.0 Å². The van der Waals surface area contributed by atoms with E-state index in [1.165, 1.54) is 18.3 Å². The molecule has 1 unspecified atom stereocenters. The number of aromatic carboxylic acids is 1. The van der Waals surface area contributed by atoms with E-state index < -0.39 is 5.97 Å². The lowest BCUT2D eigenvalue weighted by Crippen LogP contribution is -2.06. The monoisotopic (exact) mass is 290 g/mol. The third-order valence-corrected chi connectivity index (χ3v) is 3.57. The molecule has 0 radical (unpaired) electrons. The molecule has 2 aromatic rings. The van der Waals surface area contributed by atoms with E-state index in [-0.39, 0.29) is 17.3 Å². The molecule has 0 saturated carbocycles. The zero-order chi connectivity index (χ0) is 14.8. The molecule has 3 rings (SSSR count). The van der Waals surface area contributed by atoms with Crippen molar-refractivity contribution in [3.05, 3.63) is 53.1 Å². The maximum atomic E-state index is 13.2. The number of benzene rings is 1. The zero-order valence-corrected chi connectivity index (χ0v) is 11.3. The number of hydrogen-bond acceptors (Lipinski definition) is 3. The fourth-order valence-electron chi connectivity index (χ4n) is 2.56. The lowest BCUT2D eigenvalue weighted by Gasteiger charge is -2.05. The first-order valence-corrected chi connectivity index (χ1v) is 6.76. The van der Waals surface area contributed by atoms with Crippen LogP contribution in [-0.4, -0.2) is 34.1 Å². The number of carboxylic acid groups (broad SMARTS) is 1. The highest BCUT2D eigenvalue weighted by atomic mass is 19.1. The van der Waals surface area contributed by atoms with E-state index in [4.69, 9.17) is 4.74 Å². The normalized spacial score (nSPS) is 18.0. The molecule has 1 aliphatic heterocycles. The van der Waals surface area contributed by atoms with Crippen LogP contribution < -0.4 is 0 Å². The van der Waals surface area contributed by atoms with Crippen molar-refractivity contribution >= 4 is 5.97 Å². The van der Waals surface area contributed by atoms with Crippen molar-refractivity contribution in [2.24, 2.45) is 0 Å². The van der Waals surface area contributed by atoms with Crippen molar-refractivity contribution in [1.82, 2.24) is 9.78 Å². The molecule has 0 amide bonds. The summed E-state index contributed by atoms with van der Waals surface area (Å²) in [5, 5.41) is 13.7. The Kier molecular flexibility index (Phi) is 3.70. The van der Waals surface area contributed by atoms with Crippen LogP contribution >= 0.6 is 0 Å². The Balaban J connectivity index is 1.89. The molecule has 1 N–H and O–H groups in total. The van der Waals surface area contributed by atoms with E-state index >= 15 is 0 Å². The van der Waals surface area contributed by atoms with Gasteiger partial charge in [0.1, 0.15) is 11.4 Å². The van der Waals surface area contributed by atoms with Gasteiger partial charge in [-0.05, 0) is 24.1 Å². The number of nitrogens with zero attached hydrogens (tertiary/aromatic N) is 2. The number of hydrogen-bond donors (Lipinski definition) is 1. The second-order valence-electron chi connectivity index (χ2n) is 5.12. The fraction of sp³-hybridized carbons (Fsp3) is 0.333. The van der Waals surface area contributed by atoms with E-state index in [0.29, 0.717) is 25.5 Å². The van der Waals surface area contributed by atoms with Gasteiger partial charge in [-0.3, -0.25) is 4.68 Å². The SMILES string of the molecule is O=C(O)c1cn(Cc2cccc(F)c2)nc1C1CCOC1. The van der Waals surface area contributed by atoms with Crippen LogP contribution in [-0.2, 0) is 11.3 Å². The summed E-state index contributed by atoms with van der Waals surface area (Å²) in [6.45, 7) is 1.46. The molecule has 0 aliphatic carbocycles. The summed E-state index contributed by atoms with van der Waals surface area (Å²) in [7, 11) is 0. The standard InChI is InChI=1S/C15H15FN2O3/c16-12-3-1-2-10(6-12)7-18-8-13(15(19)20)14(17-18)11-4-5-21-9-11/h1-3,6,8,11H,4-5,7,9H2,(H,19,20).